The van der Waals surface area contributed by atoms with Gasteiger partial charge in [-0.2, -0.15) is 0 Å². The third kappa shape index (κ3) is 4.84. The smallest absolute Gasteiger partial charge is 0.270 e. The van der Waals surface area contributed by atoms with E-state index in [1.54, 1.807) is 7.11 Å². The molecule has 1 atom stereocenters. The van der Waals surface area contributed by atoms with Gasteiger partial charge in [-0.3, -0.25) is 15.0 Å². The highest BCUT2D eigenvalue weighted by Gasteiger charge is 2.27. The second-order valence-electron chi connectivity index (χ2n) is 6.86. The van der Waals surface area contributed by atoms with Crippen molar-refractivity contribution < 1.29 is 18.1 Å². The predicted octanol–water partition coefficient (Wildman–Crippen LogP) is 2.50. The van der Waals surface area contributed by atoms with Crippen molar-refractivity contribution in [2.24, 2.45) is 5.14 Å². The van der Waals surface area contributed by atoms with E-state index in [1.165, 1.54) is 12.1 Å². The van der Waals surface area contributed by atoms with Gasteiger partial charge in [-0.25, -0.2) is 13.6 Å². The summed E-state index contributed by atoms with van der Waals surface area (Å²) in [5.41, 5.74) is 0.890. The van der Waals surface area contributed by atoms with Crippen molar-refractivity contribution in [1.82, 2.24) is 4.90 Å². The van der Waals surface area contributed by atoms with Crippen LogP contribution in [0.2, 0.25) is 0 Å². The summed E-state index contributed by atoms with van der Waals surface area (Å²) >= 11 is 0. The number of nitrogens with zero attached hydrogens (tertiary/aromatic N) is 2. The monoisotopic (exact) mass is 420 g/mol. The number of likely N-dealkylation sites (tertiary alicyclic amines) is 1. The van der Waals surface area contributed by atoms with E-state index in [2.05, 4.69) is 10.2 Å². The number of sulfonamides is 1. The van der Waals surface area contributed by atoms with Crippen molar-refractivity contribution in [3.63, 3.8) is 0 Å². The van der Waals surface area contributed by atoms with Crippen LogP contribution < -0.4 is 15.2 Å². The SMILES string of the molecule is COc1ccccc1[C@@H](CNc1ccc([N+](=O)[O-])cc1S(N)(=O)=O)N1CCCC1. The van der Waals surface area contributed by atoms with Gasteiger partial charge in [-0.1, -0.05) is 18.2 Å². The fraction of sp³-hybridized carbons (Fsp3) is 0.368. The van der Waals surface area contributed by atoms with E-state index in [-0.39, 0.29) is 22.3 Å². The Hall–Kier alpha value is -2.69. The lowest BCUT2D eigenvalue weighted by atomic mass is 10.0. The molecular formula is C19H24N4O5S. The maximum atomic E-state index is 12.0. The Morgan fingerprint density at radius 1 is 1.24 bits per heavy atom. The molecule has 0 aliphatic carbocycles. The van der Waals surface area contributed by atoms with Crippen LogP contribution in [0.15, 0.2) is 47.4 Å². The van der Waals surface area contributed by atoms with Gasteiger partial charge in [0.2, 0.25) is 10.0 Å². The van der Waals surface area contributed by atoms with E-state index >= 15 is 0 Å². The molecule has 3 rings (SSSR count). The van der Waals surface area contributed by atoms with E-state index in [0.717, 1.165) is 43.3 Å². The minimum absolute atomic E-state index is 0.0582. The quantitative estimate of drug-likeness (QED) is 0.496. The number of para-hydroxylation sites is 1. The number of hydrogen-bond donors (Lipinski definition) is 2. The number of hydrogen-bond acceptors (Lipinski definition) is 7. The fourth-order valence-corrected chi connectivity index (χ4v) is 4.38. The zero-order valence-corrected chi connectivity index (χ0v) is 16.9. The van der Waals surface area contributed by atoms with Crippen LogP contribution in [0.4, 0.5) is 11.4 Å². The number of nitrogens with one attached hydrogen (secondary N) is 1. The zero-order chi connectivity index (χ0) is 21.0. The number of ether oxygens (including phenoxy) is 1. The van der Waals surface area contributed by atoms with Gasteiger partial charge in [0.1, 0.15) is 10.6 Å². The summed E-state index contributed by atoms with van der Waals surface area (Å²) in [5, 5.41) is 19.4. The summed E-state index contributed by atoms with van der Waals surface area (Å²) in [6, 6.07) is 11.3. The second-order valence-corrected chi connectivity index (χ2v) is 8.39. The summed E-state index contributed by atoms with van der Waals surface area (Å²) < 4.78 is 29.5. The van der Waals surface area contributed by atoms with Crippen molar-refractivity contribution in [3.05, 3.63) is 58.1 Å². The van der Waals surface area contributed by atoms with Gasteiger partial charge in [0.05, 0.1) is 23.8 Å². The molecular weight excluding hydrogens is 396 g/mol. The summed E-state index contributed by atoms with van der Waals surface area (Å²) in [4.78, 5) is 12.4. The largest absolute Gasteiger partial charge is 0.496 e. The Balaban J connectivity index is 1.93. The molecule has 0 unspecified atom stereocenters. The number of nitrogens with two attached hydrogens (primary N) is 1. The highest BCUT2D eigenvalue weighted by molar-refractivity contribution is 7.89. The molecule has 0 spiro atoms. The molecule has 1 saturated heterocycles. The first kappa shape index (κ1) is 21.0. The van der Waals surface area contributed by atoms with Crippen molar-refractivity contribution in [1.29, 1.82) is 0 Å². The molecule has 2 aromatic rings. The normalized spacial score (nSPS) is 15.8. The lowest BCUT2D eigenvalue weighted by molar-refractivity contribution is -0.385. The Bertz CT molecular complexity index is 990. The lowest BCUT2D eigenvalue weighted by Crippen LogP contribution is -2.31. The third-order valence-electron chi connectivity index (χ3n) is 5.05. The highest BCUT2D eigenvalue weighted by Crippen LogP contribution is 2.33. The van der Waals surface area contributed by atoms with Crippen LogP contribution in [0, 0.1) is 10.1 Å². The molecule has 1 aliphatic heterocycles. The minimum atomic E-state index is -4.14. The van der Waals surface area contributed by atoms with Crippen LogP contribution >= 0.6 is 0 Å². The molecule has 0 radical (unpaired) electrons. The molecule has 3 N–H and O–H groups in total. The van der Waals surface area contributed by atoms with E-state index in [0.29, 0.717) is 6.54 Å². The Kier molecular flexibility index (Phi) is 6.36. The average Bonchev–Trinajstić information content (AvgIpc) is 3.22. The molecule has 156 valence electrons. The summed E-state index contributed by atoms with van der Waals surface area (Å²) in [7, 11) is -2.53. The summed E-state index contributed by atoms with van der Waals surface area (Å²) in [6.45, 7) is 2.24. The van der Waals surface area contributed by atoms with Gasteiger partial charge in [-0.05, 0) is 38.1 Å². The second kappa shape index (κ2) is 8.76. The van der Waals surface area contributed by atoms with E-state index in [9.17, 15) is 18.5 Å². The zero-order valence-electron chi connectivity index (χ0n) is 16.1. The van der Waals surface area contributed by atoms with Crippen molar-refractivity contribution in [3.8, 4) is 5.75 Å². The summed E-state index contributed by atoms with van der Waals surface area (Å²) in [5.74, 6) is 0.751. The molecule has 0 bridgehead atoms. The molecule has 2 aromatic carbocycles. The fourth-order valence-electron chi connectivity index (χ4n) is 3.64. The predicted molar refractivity (Wildman–Crippen MR) is 110 cm³/mol. The van der Waals surface area contributed by atoms with Crippen molar-refractivity contribution >= 4 is 21.4 Å². The number of methoxy groups -OCH3 is 1. The topological polar surface area (TPSA) is 128 Å². The summed E-state index contributed by atoms with van der Waals surface area (Å²) in [6.07, 6.45) is 2.18. The van der Waals surface area contributed by atoms with Crippen molar-refractivity contribution in [2.75, 3.05) is 32.1 Å². The Labute approximate surface area is 169 Å². The van der Waals surface area contributed by atoms with E-state index < -0.39 is 14.9 Å². The number of nitro groups is 1. The number of rotatable bonds is 8. The standard InChI is InChI=1S/C19H24N4O5S/c1-28-18-7-3-2-6-15(18)17(22-10-4-5-11-22)13-21-16-9-8-14(23(24)25)12-19(16)29(20,26)27/h2-3,6-9,12,17,21H,4-5,10-11,13H2,1H3,(H2,20,26,27)/t17-/m1/s1. The number of anilines is 1. The molecule has 1 aliphatic rings. The van der Waals surface area contributed by atoms with E-state index in [1.807, 2.05) is 24.3 Å². The van der Waals surface area contributed by atoms with Gasteiger partial charge in [-0.15, -0.1) is 0 Å². The number of non-ortho nitro benzene ring substituents is 1. The molecule has 10 heteroatoms. The first-order valence-electron chi connectivity index (χ1n) is 9.23. The molecule has 1 fully saturated rings. The molecule has 0 aromatic heterocycles. The number of benzene rings is 2. The maximum Gasteiger partial charge on any atom is 0.270 e. The maximum absolute atomic E-state index is 12.0. The molecule has 0 saturated carbocycles. The molecule has 9 nitrogen and oxygen atoms in total. The Morgan fingerprint density at radius 2 is 1.93 bits per heavy atom. The van der Waals surface area contributed by atoms with Crippen molar-refractivity contribution in [2.45, 2.75) is 23.8 Å². The number of nitro benzene ring substituents is 1. The molecule has 29 heavy (non-hydrogen) atoms. The van der Waals surface area contributed by atoms with Crippen LogP contribution in [0.5, 0.6) is 5.75 Å². The van der Waals surface area contributed by atoms with Crippen LogP contribution in [-0.2, 0) is 10.0 Å². The van der Waals surface area contributed by atoms with Crippen LogP contribution in [0.1, 0.15) is 24.4 Å². The van der Waals surface area contributed by atoms with Gasteiger partial charge < -0.3 is 10.1 Å². The third-order valence-corrected chi connectivity index (χ3v) is 6.00. The average molecular weight is 420 g/mol. The van der Waals surface area contributed by atoms with Crippen LogP contribution in [0.25, 0.3) is 0 Å². The van der Waals surface area contributed by atoms with Gasteiger partial charge in [0.25, 0.3) is 5.69 Å². The minimum Gasteiger partial charge on any atom is -0.496 e. The first-order chi connectivity index (χ1) is 13.8. The number of primary sulfonamides is 1. The van der Waals surface area contributed by atoms with Crippen LogP contribution in [-0.4, -0.2) is 45.0 Å². The lowest BCUT2D eigenvalue weighted by Gasteiger charge is -2.30. The van der Waals surface area contributed by atoms with Crippen LogP contribution in [0.3, 0.4) is 0 Å². The highest BCUT2D eigenvalue weighted by atomic mass is 32.2. The molecule has 0 amide bonds. The Morgan fingerprint density at radius 3 is 2.55 bits per heavy atom. The molecule has 1 heterocycles. The van der Waals surface area contributed by atoms with E-state index in [4.69, 9.17) is 9.88 Å². The first-order valence-corrected chi connectivity index (χ1v) is 10.8. The van der Waals surface area contributed by atoms with Gasteiger partial charge in [0.15, 0.2) is 0 Å². The van der Waals surface area contributed by atoms with Gasteiger partial charge in [0, 0.05) is 24.2 Å². The van der Waals surface area contributed by atoms with Gasteiger partial charge >= 0.3 is 0 Å².